The third-order valence-corrected chi connectivity index (χ3v) is 3.90. The smallest absolute Gasteiger partial charge is 0.150 e. The third kappa shape index (κ3) is 2.39. The van der Waals surface area contributed by atoms with Crippen LogP contribution in [-0.2, 0) is 0 Å². The van der Waals surface area contributed by atoms with E-state index in [-0.39, 0.29) is 5.82 Å². The van der Waals surface area contributed by atoms with Crippen LogP contribution in [0.4, 0.5) is 10.1 Å². The molecule has 0 aliphatic rings. The minimum atomic E-state index is -0.381. The average Bonchev–Trinajstić information content (AvgIpc) is 2.47. The van der Waals surface area contributed by atoms with Crippen LogP contribution in [0, 0.1) is 12.7 Å². The van der Waals surface area contributed by atoms with Gasteiger partial charge in [0.25, 0.3) is 0 Å². The number of rotatable bonds is 2. The fourth-order valence-electron chi connectivity index (χ4n) is 2.45. The predicted octanol–water partition coefficient (Wildman–Crippen LogP) is 4.40. The van der Waals surface area contributed by atoms with Gasteiger partial charge in [0.05, 0.1) is 11.4 Å². The highest BCUT2D eigenvalue weighted by molar-refractivity contribution is 9.10. The maximum atomic E-state index is 14.2. The molecule has 1 aromatic heterocycles. The van der Waals surface area contributed by atoms with Gasteiger partial charge in [-0.25, -0.2) is 9.37 Å². The SMILES string of the molecule is Cc1c(-c2ccccc2)nc2c(F)cc(Br)cc2c1NN. The summed E-state index contributed by atoms with van der Waals surface area (Å²) >= 11 is 3.30. The summed E-state index contributed by atoms with van der Waals surface area (Å²) in [7, 11) is 0. The maximum Gasteiger partial charge on any atom is 0.150 e. The molecule has 5 heteroatoms. The molecule has 0 bridgehead atoms. The minimum Gasteiger partial charge on any atom is -0.323 e. The van der Waals surface area contributed by atoms with Gasteiger partial charge in [-0.05, 0) is 19.1 Å². The Bertz CT molecular complexity index is 819. The van der Waals surface area contributed by atoms with E-state index in [4.69, 9.17) is 5.84 Å². The molecule has 3 N–H and O–H groups in total. The second-order valence-corrected chi connectivity index (χ2v) is 5.67. The van der Waals surface area contributed by atoms with Crippen molar-refractivity contribution in [1.82, 2.24) is 4.98 Å². The molecule has 3 nitrogen and oxygen atoms in total. The lowest BCUT2D eigenvalue weighted by molar-refractivity contribution is 0.636. The normalized spacial score (nSPS) is 10.9. The highest BCUT2D eigenvalue weighted by Gasteiger charge is 2.15. The quantitative estimate of drug-likeness (QED) is 0.534. The highest BCUT2D eigenvalue weighted by atomic mass is 79.9. The van der Waals surface area contributed by atoms with Gasteiger partial charge in [0.2, 0.25) is 0 Å². The van der Waals surface area contributed by atoms with E-state index in [2.05, 4.69) is 26.3 Å². The van der Waals surface area contributed by atoms with Crippen LogP contribution >= 0.6 is 15.9 Å². The molecule has 0 aliphatic carbocycles. The van der Waals surface area contributed by atoms with Gasteiger partial charge in [0.1, 0.15) is 5.52 Å². The predicted molar refractivity (Wildman–Crippen MR) is 87.4 cm³/mol. The molecule has 0 saturated carbocycles. The largest absolute Gasteiger partial charge is 0.323 e. The Balaban J connectivity index is 2.41. The molecule has 21 heavy (non-hydrogen) atoms. The van der Waals surface area contributed by atoms with Gasteiger partial charge < -0.3 is 5.43 Å². The number of fused-ring (bicyclic) bond motifs is 1. The maximum absolute atomic E-state index is 14.2. The van der Waals surface area contributed by atoms with Crippen LogP contribution in [0.5, 0.6) is 0 Å². The summed E-state index contributed by atoms with van der Waals surface area (Å²) in [6.45, 7) is 1.92. The molecule has 0 amide bonds. The molecule has 3 rings (SSSR count). The Labute approximate surface area is 130 Å². The van der Waals surface area contributed by atoms with Crippen LogP contribution in [0.3, 0.4) is 0 Å². The van der Waals surface area contributed by atoms with Crippen molar-refractivity contribution in [3.05, 3.63) is 58.3 Å². The Morgan fingerprint density at radius 1 is 1.19 bits per heavy atom. The number of nitrogens with one attached hydrogen (secondary N) is 1. The van der Waals surface area contributed by atoms with Crippen LogP contribution in [0.15, 0.2) is 46.9 Å². The molecule has 0 unspecified atom stereocenters. The fraction of sp³-hybridized carbons (Fsp3) is 0.0625. The number of halogens is 2. The molecule has 106 valence electrons. The number of nitrogens with zero attached hydrogens (tertiary/aromatic N) is 1. The molecule has 2 aromatic carbocycles. The molecule has 0 radical (unpaired) electrons. The summed E-state index contributed by atoms with van der Waals surface area (Å²) in [6, 6.07) is 12.9. The van der Waals surface area contributed by atoms with Crippen LogP contribution in [0.2, 0.25) is 0 Å². The van der Waals surface area contributed by atoms with Crippen LogP contribution in [0.1, 0.15) is 5.56 Å². The van der Waals surface area contributed by atoms with E-state index in [9.17, 15) is 4.39 Å². The number of hydrogen-bond acceptors (Lipinski definition) is 3. The van der Waals surface area contributed by atoms with Gasteiger partial charge in [-0.15, -0.1) is 0 Å². The first-order valence-corrected chi connectivity index (χ1v) is 7.22. The third-order valence-electron chi connectivity index (χ3n) is 3.44. The average molecular weight is 346 g/mol. The summed E-state index contributed by atoms with van der Waals surface area (Å²) in [4.78, 5) is 4.50. The Hall–Kier alpha value is -1.98. The van der Waals surface area contributed by atoms with Gasteiger partial charge >= 0.3 is 0 Å². The van der Waals surface area contributed by atoms with Gasteiger partial charge in [0, 0.05) is 21.0 Å². The lowest BCUT2D eigenvalue weighted by atomic mass is 10.0. The highest BCUT2D eigenvalue weighted by Crippen LogP contribution is 2.35. The number of pyridine rings is 1. The second-order valence-electron chi connectivity index (χ2n) is 4.75. The zero-order valence-corrected chi connectivity index (χ0v) is 12.9. The number of hydrogen-bond donors (Lipinski definition) is 2. The monoisotopic (exact) mass is 345 g/mol. The molecular formula is C16H13BrFN3. The van der Waals surface area contributed by atoms with E-state index in [1.807, 2.05) is 43.3 Å². The summed E-state index contributed by atoms with van der Waals surface area (Å²) < 4.78 is 14.9. The molecule has 0 atom stereocenters. The van der Waals surface area contributed by atoms with Crippen molar-refractivity contribution >= 4 is 32.5 Å². The molecule has 3 aromatic rings. The number of nitrogens with two attached hydrogens (primary N) is 1. The van der Waals surface area contributed by atoms with Crippen molar-refractivity contribution in [3.8, 4) is 11.3 Å². The molecule has 0 aliphatic heterocycles. The molecule has 0 spiro atoms. The fourth-order valence-corrected chi connectivity index (χ4v) is 2.88. The van der Waals surface area contributed by atoms with Gasteiger partial charge in [-0.3, -0.25) is 5.84 Å². The zero-order valence-electron chi connectivity index (χ0n) is 11.3. The Morgan fingerprint density at radius 2 is 1.90 bits per heavy atom. The minimum absolute atomic E-state index is 0.301. The molecule has 0 saturated heterocycles. The van der Waals surface area contributed by atoms with Crippen molar-refractivity contribution < 1.29 is 4.39 Å². The van der Waals surface area contributed by atoms with Crippen LogP contribution < -0.4 is 11.3 Å². The number of nitrogen functional groups attached to an aromatic ring is 1. The number of hydrazine groups is 1. The first kappa shape index (κ1) is 14.0. The first-order chi connectivity index (χ1) is 10.1. The van der Waals surface area contributed by atoms with Gasteiger partial charge in [-0.2, -0.15) is 0 Å². The first-order valence-electron chi connectivity index (χ1n) is 6.43. The summed E-state index contributed by atoms with van der Waals surface area (Å²) in [6.07, 6.45) is 0. The summed E-state index contributed by atoms with van der Waals surface area (Å²) in [5, 5.41) is 0.654. The van der Waals surface area contributed by atoms with E-state index >= 15 is 0 Å². The van der Waals surface area contributed by atoms with E-state index in [1.54, 1.807) is 0 Å². The van der Waals surface area contributed by atoms with Crippen molar-refractivity contribution in [2.45, 2.75) is 6.92 Å². The topological polar surface area (TPSA) is 50.9 Å². The van der Waals surface area contributed by atoms with Crippen LogP contribution in [-0.4, -0.2) is 4.98 Å². The number of aromatic nitrogens is 1. The van der Waals surface area contributed by atoms with Gasteiger partial charge in [0.15, 0.2) is 5.82 Å². The summed E-state index contributed by atoms with van der Waals surface area (Å²) in [5.41, 5.74) is 6.19. The molecule has 0 fully saturated rings. The van der Waals surface area contributed by atoms with E-state index in [0.29, 0.717) is 21.1 Å². The van der Waals surface area contributed by atoms with E-state index in [0.717, 1.165) is 16.8 Å². The Kier molecular flexibility index (Phi) is 3.61. The lowest BCUT2D eigenvalue weighted by Gasteiger charge is -2.14. The van der Waals surface area contributed by atoms with Crippen molar-refractivity contribution in [1.29, 1.82) is 0 Å². The summed E-state index contributed by atoms with van der Waals surface area (Å²) in [5.74, 6) is 5.27. The van der Waals surface area contributed by atoms with Crippen molar-refractivity contribution in [3.63, 3.8) is 0 Å². The van der Waals surface area contributed by atoms with Crippen molar-refractivity contribution in [2.75, 3.05) is 5.43 Å². The van der Waals surface area contributed by atoms with Crippen molar-refractivity contribution in [2.24, 2.45) is 5.84 Å². The zero-order chi connectivity index (χ0) is 15.0. The standard InChI is InChI=1S/C16H13BrFN3/c1-9-14(10-5-3-2-4-6-10)20-16-12(15(9)21-19)7-11(17)8-13(16)18/h2-8H,19H2,1H3,(H,20,21). The molecular weight excluding hydrogens is 333 g/mol. The Morgan fingerprint density at radius 3 is 2.57 bits per heavy atom. The lowest BCUT2D eigenvalue weighted by Crippen LogP contribution is -2.10. The van der Waals surface area contributed by atoms with E-state index in [1.165, 1.54) is 6.07 Å². The number of anilines is 1. The number of benzene rings is 2. The van der Waals surface area contributed by atoms with Gasteiger partial charge in [-0.1, -0.05) is 46.3 Å². The molecule has 1 heterocycles. The second kappa shape index (κ2) is 5.42. The van der Waals surface area contributed by atoms with Crippen LogP contribution in [0.25, 0.3) is 22.2 Å². The van der Waals surface area contributed by atoms with E-state index < -0.39 is 0 Å².